The van der Waals surface area contributed by atoms with Crippen LogP contribution in [0.25, 0.3) is 10.9 Å². The fourth-order valence-corrected chi connectivity index (χ4v) is 3.96. The Labute approximate surface area is 146 Å². The topological polar surface area (TPSA) is 48.0 Å². The average Bonchev–Trinajstić information content (AvgIpc) is 3.34. The number of likely N-dealkylation sites (N-methyl/N-ethyl adjacent to an activating group) is 1. The summed E-state index contributed by atoms with van der Waals surface area (Å²) in [6.07, 6.45) is 3.18. The maximum absolute atomic E-state index is 4.41. The van der Waals surface area contributed by atoms with E-state index >= 15 is 0 Å². The quantitative estimate of drug-likeness (QED) is 0.696. The number of hydrogen-bond acceptors (Lipinski definition) is 4. The number of anilines is 1. The summed E-state index contributed by atoms with van der Waals surface area (Å²) in [6.45, 7) is 2.17. The van der Waals surface area contributed by atoms with E-state index in [1.54, 1.807) is 0 Å². The highest BCUT2D eigenvalue weighted by Gasteiger charge is 2.41. The van der Waals surface area contributed by atoms with Crippen LogP contribution in [0.5, 0.6) is 0 Å². The van der Waals surface area contributed by atoms with Crippen LogP contribution < -0.4 is 4.90 Å². The fraction of sp³-hybridized carbons (Fsp3) is 0.300. The number of aromatic amines is 1. The summed E-state index contributed by atoms with van der Waals surface area (Å²) < 4.78 is 0. The van der Waals surface area contributed by atoms with E-state index in [1.165, 1.54) is 11.8 Å². The number of likely N-dealkylation sites (tertiary alicyclic amines) is 1. The molecule has 4 heterocycles. The van der Waals surface area contributed by atoms with Gasteiger partial charge in [-0.3, -0.25) is 4.90 Å². The molecule has 0 spiro atoms. The van der Waals surface area contributed by atoms with E-state index in [0.717, 1.165) is 30.0 Å². The molecule has 25 heavy (non-hydrogen) atoms. The van der Waals surface area contributed by atoms with Crippen LogP contribution in [0.4, 0.5) is 5.82 Å². The van der Waals surface area contributed by atoms with Gasteiger partial charge in [-0.25, -0.2) is 0 Å². The van der Waals surface area contributed by atoms with Crippen LogP contribution in [-0.2, 0) is 0 Å². The molecule has 2 fully saturated rings. The van der Waals surface area contributed by atoms with Crippen LogP contribution in [0.2, 0.25) is 0 Å². The molecular formula is C20H19N5. The van der Waals surface area contributed by atoms with Gasteiger partial charge in [0.2, 0.25) is 0 Å². The zero-order valence-corrected chi connectivity index (χ0v) is 14.1. The minimum absolute atomic E-state index is 0.578. The van der Waals surface area contributed by atoms with Crippen molar-refractivity contribution in [2.45, 2.75) is 18.5 Å². The van der Waals surface area contributed by atoms with Gasteiger partial charge < -0.3 is 9.88 Å². The number of nitrogens with zero attached hydrogens (tertiary/aromatic N) is 4. The van der Waals surface area contributed by atoms with Gasteiger partial charge in [0.25, 0.3) is 0 Å². The number of piperazine rings is 1. The highest BCUT2D eigenvalue weighted by molar-refractivity contribution is 5.80. The smallest absolute Gasteiger partial charge is 0.151 e. The Morgan fingerprint density at radius 3 is 2.76 bits per heavy atom. The molecule has 5 heteroatoms. The van der Waals surface area contributed by atoms with Crippen molar-refractivity contribution in [2.24, 2.45) is 0 Å². The summed E-state index contributed by atoms with van der Waals surface area (Å²) in [4.78, 5) is 8.01. The van der Waals surface area contributed by atoms with Crippen LogP contribution in [-0.4, -0.2) is 52.3 Å². The highest BCUT2D eigenvalue weighted by Crippen LogP contribution is 2.32. The molecule has 2 aliphatic heterocycles. The van der Waals surface area contributed by atoms with Crippen molar-refractivity contribution in [3.63, 3.8) is 0 Å². The van der Waals surface area contributed by atoms with E-state index < -0.39 is 0 Å². The number of benzene rings is 1. The first-order valence-electron chi connectivity index (χ1n) is 8.66. The molecule has 2 aromatic heterocycles. The number of H-pyrrole nitrogens is 1. The molecule has 5 nitrogen and oxygen atoms in total. The van der Waals surface area contributed by atoms with Gasteiger partial charge in [0.15, 0.2) is 5.82 Å². The van der Waals surface area contributed by atoms with Gasteiger partial charge in [0, 0.05) is 47.8 Å². The van der Waals surface area contributed by atoms with E-state index in [-0.39, 0.29) is 0 Å². The zero-order chi connectivity index (χ0) is 16.8. The molecule has 0 aliphatic carbocycles. The van der Waals surface area contributed by atoms with Gasteiger partial charge in [-0.15, -0.1) is 10.2 Å². The predicted molar refractivity (Wildman–Crippen MR) is 98.5 cm³/mol. The number of hydrogen-bond donors (Lipinski definition) is 1. The van der Waals surface area contributed by atoms with Crippen molar-refractivity contribution >= 4 is 16.7 Å². The van der Waals surface area contributed by atoms with Gasteiger partial charge in [-0.1, -0.05) is 5.92 Å². The summed E-state index contributed by atoms with van der Waals surface area (Å²) in [6, 6.07) is 13.5. The lowest BCUT2D eigenvalue weighted by atomic mass is 10.1. The van der Waals surface area contributed by atoms with E-state index in [9.17, 15) is 0 Å². The Morgan fingerprint density at radius 2 is 2.00 bits per heavy atom. The van der Waals surface area contributed by atoms with E-state index in [2.05, 4.69) is 56.0 Å². The molecule has 0 saturated carbocycles. The number of fused-ring (bicyclic) bond motifs is 3. The largest absolute Gasteiger partial charge is 0.361 e. The molecule has 2 atom stereocenters. The molecule has 124 valence electrons. The summed E-state index contributed by atoms with van der Waals surface area (Å²) in [5.74, 6) is 7.27. The molecule has 2 bridgehead atoms. The van der Waals surface area contributed by atoms with E-state index in [0.29, 0.717) is 17.8 Å². The molecule has 3 aromatic rings. The molecule has 5 rings (SSSR count). The number of aromatic nitrogens is 3. The fourth-order valence-electron chi connectivity index (χ4n) is 3.96. The monoisotopic (exact) mass is 329 g/mol. The Hall–Kier alpha value is -2.84. The highest BCUT2D eigenvalue weighted by atomic mass is 15.4. The minimum atomic E-state index is 0.578. The number of nitrogens with one attached hydrogen (secondary N) is 1. The predicted octanol–water partition coefficient (Wildman–Crippen LogP) is 2.25. The molecule has 1 aromatic carbocycles. The Bertz CT molecular complexity index is 976. The third-order valence-electron chi connectivity index (χ3n) is 5.35. The second kappa shape index (κ2) is 5.61. The average molecular weight is 329 g/mol. The standard InChI is InChI=1S/C20H19N5/c1-24-12-18-11-17(24)13-25(18)20-7-5-16(22-23-20)4-2-14-3-6-19-15(10-14)8-9-21-19/h3,5-10,17-18,21H,11-13H2,1H3/t17-,18-/m0/s1. The maximum Gasteiger partial charge on any atom is 0.151 e. The van der Waals surface area contributed by atoms with Crippen LogP contribution >= 0.6 is 0 Å². The van der Waals surface area contributed by atoms with Gasteiger partial charge in [0.1, 0.15) is 5.69 Å². The lowest BCUT2D eigenvalue weighted by Crippen LogP contribution is -2.44. The molecule has 0 radical (unpaired) electrons. The van der Waals surface area contributed by atoms with Gasteiger partial charge in [0.05, 0.1) is 0 Å². The number of rotatable bonds is 1. The molecule has 1 N–H and O–H groups in total. The van der Waals surface area contributed by atoms with Crippen LogP contribution in [0.15, 0.2) is 42.6 Å². The minimum Gasteiger partial charge on any atom is -0.361 e. The Kier molecular flexibility index (Phi) is 3.25. The van der Waals surface area contributed by atoms with Crippen molar-refractivity contribution in [2.75, 3.05) is 25.0 Å². The third kappa shape index (κ3) is 2.55. The SMILES string of the molecule is CN1C[C@@H]2C[C@H]1CN2c1ccc(C#Cc2ccc3[nH]ccc3c2)nn1. The van der Waals surface area contributed by atoms with Crippen LogP contribution in [0.1, 0.15) is 17.7 Å². The summed E-state index contributed by atoms with van der Waals surface area (Å²) in [5, 5.41) is 9.89. The molecule has 0 amide bonds. The van der Waals surface area contributed by atoms with Crippen molar-refractivity contribution in [3.8, 4) is 11.8 Å². The van der Waals surface area contributed by atoms with Crippen LogP contribution in [0.3, 0.4) is 0 Å². The normalized spacial score (nSPS) is 22.4. The first-order chi connectivity index (χ1) is 12.3. The summed E-state index contributed by atoms with van der Waals surface area (Å²) in [5.41, 5.74) is 2.82. The van der Waals surface area contributed by atoms with Crippen molar-refractivity contribution in [1.82, 2.24) is 20.1 Å². The Morgan fingerprint density at radius 1 is 1.04 bits per heavy atom. The van der Waals surface area contributed by atoms with E-state index in [1.807, 2.05) is 30.5 Å². The van der Waals surface area contributed by atoms with E-state index in [4.69, 9.17) is 0 Å². The first kappa shape index (κ1) is 14.5. The maximum atomic E-state index is 4.41. The van der Waals surface area contributed by atoms with Crippen molar-refractivity contribution < 1.29 is 0 Å². The lowest BCUT2D eigenvalue weighted by molar-refractivity contribution is 0.292. The lowest BCUT2D eigenvalue weighted by Gasteiger charge is -2.32. The van der Waals surface area contributed by atoms with Gasteiger partial charge >= 0.3 is 0 Å². The third-order valence-corrected chi connectivity index (χ3v) is 5.35. The summed E-state index contributed by atoms with van der Waals surface area (Å²) in [7, 11) is 2.21. The second-order valence-corrected chi connectivity index (χ2v) is 6.94. The zero-order valence-electron chi connectivity index (χ0n) is 14.1. The van der Waals surface area contributed by atoms with Crippen molar-refractivity contribution in [3.05, 3.63) is 53.9 Å². The van der Waals surface area contributed by atoms with Crippen molar-refractivity contribution in [1.29, 1.82) is 0 Å². The second-order valence-electron chi connectivity index (χ2n) is 6.94. The van der Waals surface area contributed by atoms with Gasteiger partial charge in [-0.2, -0.15) is 0 Å². The Balaban J connectivity index is 1.34. The molecule has 0 unspecified atom stereocenters. The molecule has 2 aliphatic rings. The first-order valence-corrected chi connectivity index (χ1v) is 8.66. The molecule has 2 saturated heterocycles. The molecular weight excluding hydrogens is 310 g/mol. The summed E-state index contributed by atoms with van der Waals surface area (Å²) >= 11 is 0. The van der Waals surface area contributed by atoms with Crippen LogP contribution in [0, 0.1) is 11.8 Å². The van der Waals surface area contributed by atoms with Gasteiger partial charge in [-0.05, 0) is 55.8 Å².